The molecule has 3 atom stereocenters. The van der Waals surface area contributed by atoms with Crippen molar-refractivity contribution in [2.45, 2.75) is 97.2 Å². The Morgan fingerprint density at radius 1 is 0.823 bits per heavy atom. The molecule has 0 aliphatic carbocycles. The predicted molar refractivity (Wildman–Crippen MR) is 240 cm³/mol. The molecule has 340 valence electrons. The van der Waals surface area contributed by atoms with Crippen LogP contribution >= 0.6 is 0 Å². The second-order valence-electron chi connectivity index (χ2n) is 15.2. The van der Waals surface area contributed by atoms with Crippen LogP contribution in [0.15, 0.2) is 54.6 Å². The highest BCUT2D eigenvalue weighted by atomic mass is 16.6. The standard InChI is InChI=1S/C44H61N7O8.C2H7N/c1-6-7-8-9-10-11-12-30-13-16-33(28(2)23-30)42(54)47-27-39(52)51(4)40-32-15-18-38(59-22-20-46)35(26-32)34-24-31(14-17-37(34)58-21-19-45)25-36(43(55)50-57-5)49-41(53)29(3)48-44(40)56;1-2-3/h13-18,23-24,26,29,36,40H,6-12,19-22,25,27,45-46H2,1-5H3,(H,47,54)(H,48,56)(H,49,53)(H,50,55);2-3H2,1H3/t29-,36?,40?;/m0./s1. The summed E-state index contributed by atoms with van der Waals surface area (Å²) < 4.78 is 12.1. The topological polar surface area (TPSA) is 242 Å². The van der Waals surface area contributed by atoms with Crippen molar-refractivity contribution in [3.8, 4) is 22.6 Å². The second kappa shape index (κ2) is 26.7. The number of unbranched alkanes of at least 4 members (excludes halogenated alkanes) is 5. The number of rotatable bonds is 19. The monoisotopic (exact) mass is 861 g/mol. The zero-order valence-corrected chi connectivity index (χ0v) is 37.3. The third-order valence-electron chi connectivity index (χ3n) is 10.2. The van der Waals surface area contributed by atoms with Gasteiger partial charge in [-0.2, -0.15) is 0 Å². The van der Waals surface area contributed by atoms with Crippen molar-refractivity contribution >= 4 is 29.5 Å². The Bertz CT molecular complexity index is 1940. The minimum absolute atomic E-state index is 0.0545. The van der Waals surface area contributed by atoms with Crippen molar-refractivity contribution in [1.29, 1.82) is 0 Å². The fraction of sp³-hybridized carbons (Fsp3) is 0.500. The number of ether oxygens (including phenoxy) is 2. The third kappa shape index (κ3) is 15.1. The summed E-state index contributed by atoms with van der Waals surface area (Å²) in [5, 5.41) is 8.16. The summed E-state index contributed by atoms with van der Waals surface area (Å²) in [6, 6.07) is 12.6. The van der Waals surface area contributed by atoms with Crippen molar-refractivity contribution in [1.82, 2.24) is 26.3 Å². The van der Waals surface area contributed by atoms with E-state index in [1.807, 2.05) is 26.0 Å². The molecular weight excluding hydrogens is 793 g/mol. The van der Waals surface area contributed by atoms with Crippen LogP contribution < -0.4 is 48.1 Å². The van der Waals surface area contributed by atoms with Crippen LogP contribution in [0.4, 0.5) is 0 Å². The van der Waals surface area contributed by atoms with Crippen LogP contribution in [0.25, 0.3) is 11.1 Å². The number of amides is 5. The molecule has 10 N–H and O–H groups in total. The van der Waals surface area contributed by atoms with Gasteiger partial charge in [0.05, 0.1) is 13.7 Å². The number of benzene rings is 3. The van der Waals surface area contributed by atoms with Gasteiger partial charge in [0.1, 0.15) is 42.8 Å². The first-order valence-electron chi connectivity index (χ1n) is 21.5. The SMILES string of the molecule is CCCCCCCCc1ccc(C(=O)NCC(=O)N(C)C2C(=O)N[C@@H](C)C(=O)NC(C(=O)NOC)Cc3ccc(OCCN)c(c3)-c3cc2ccc3OCCN)c(C)c1.CCN. The Labute approximate surface area is 366 Å². The first-order chi connectivity index (χ1) is 29.8. The minimum atomic E-state index is -1.29. The van der Waals surface area contributed by atoms with E-state index in [2.05, 4.69) is 28.4 Å². The van der Waals surface area contributed by atoms with E-state index in [1.54, 1.807) is 42.5 Å². The molecule has 4 bridgehead atoms. The number of hydroxylamine groups is 1. The van der Waals surface area contributed by atoms with Gasteiger partial charge >= 0.3 is 0 Å². The molecule has 2 unspecified atom stereocenters. The third-order valence-corrected chi connectivity index (χ3v) is 10.2. The fourth-order valence-electron chi connectivity index (χ4n) is 7.02. The number of likely N-dealkylation sites (N-methyl/N-ethyl adjacent to an activating group) is 1. The van der Waals surface area contributed by atoms with Crippen LogP contribution in [0, 0.1) is 6.92 Å². The highest BCUT2D eigenvalue weighted by Gasteiger charge is 2.33. The number of nitrogens with one attached hydrogen (secondary N) is 4. The van der Waals surface area contributed by atoms with Gasteiger partial charge in [0.25, 0.3) is 11.8 Å². The number of hydrogen-bond donors (Lipinski definition) is 7. The van der Waals surface area contributed by atoms with Crippen molar-refractivity contribution < 1.29 is 38.3 Å². The maximum Gasteiger partial charge on any atom is 0.266 e. The van der Waals surface area contributed by atoms with E-state index < -0.39 is 54.2 Å². The summed E-state index contributed by atoms with van der Waals surface area (Å²) in [4.78, 5) is 74.3. The molecule has 0 aromatic heterocycles. The molecule has 62 heavy (non-hydrogen) atoms. The van der Waals surface area contributed by atoms with Crippen LogP contribution in [-0.4, -0.2) is 100 Å². The summed E-state index contributed by atoms with van der Waals surface area (Å²) in [5.41, 5.74) is 23.2. The summed E-state index contributed by atoms with van der Waals surface area (Å²) in [6.07, 6.45) is 8.17. The minimum Gasteiger partial charge on any atom is -0.492 e. The van der Waals surface area contributed by atoms with Gasteiger partial charge in [0.2, 0.25) is 17.7 Å². The number of carbonyl (C=O) groups is 5. The lowest BCUT2D eigenvalue weighted by Crippen LogP contribution is -2.55. The average molecular weight is 861 g/mol. The Balaban J connectivity index is 0.00000331. The maximum absolute atomic E-state index is 14.3. The molecule has 1 aliphatic rings. The van der Waals surface area contributed by atoms with Crippen molar-refractivity contribution in [2.24, 2.45) is 17.2 Å². The van der Waals surface area contributed by atoms with Gasteiger partial charge in [0.15, 0.2) is 0 Å². The summed E-state index contributed by atoms with van der Waals surface area (Å²) in [7, 11) is 2.73. The van der Waals surface area contributed by atoms with E-state index in [1.165, 1.54) is 58.1 Å². The van der Waals surface area contributed by atoms with Crippen LogP contribution in [0.1, 0.15) is 97.9 Å². The molecule has 1 heterocycles. The van der Waals surface area contributed by atoms with Gasteiger partial charge in [0, 0.05) is 43.2 Å². The molecule has 5 amide bonds. The van der Waals surface area contributed by atoms with Crippen molar-refractivity contribution in [2.75, 3.05) is 53.6 Å². The summed E-state index contributed by atoms with van der Waals surface area (Å²) in [5.74, 6) is -2.07. The number of nitrogens with two attached hydrogens (primary N) is 3. The number of nitrogens with zero attached hydrogens (tertiary/aromatic N) is 1. The Morgan fingerprint density at radius 3 is 2.08 bits per heavy atom. The molecule has 0 saturated heterocycles. The Hall–Kier alpha value is -5.55. The normalized spacial score (nSPS) is 16.0. The summed E-state index contributed by atoms with van der Waals surface area (Å²) in [6.45, 7) is 8.62. The molecule has 16 heteroatoms. The molecule has 16 nitrogen and oxygen atoms in total. The van der Waals surface area contributed by atoms with E-state index in [-0.39, 0.29) is 32.7 Å². The van der Waals surface area contributed by atoms with E-state index in [9.17, 15) is 24.0 Å². The fourth-order valence-corrected chi connectivity index (χ4v) is 7.02. The molecule has 3 aromatic rings. The smallest absolute Gasteiger partial charge is 0.266 e. The first kappa shape index (κ1) is 50.8. The van der Waals surface area contributed by atoms with Crippen LogP contribution in [0.2, 0.25) is 0 Å². The molecule has 0 fully saturated rings. The van der Waals surface area contributed by atoms with Gasteiger partial charge in [-0.25, -0.2) is 5.48 Å². The predicted octanol–water partition coefficient (Wildman–Crippen LogP) is 3.36. The van der Waals surface area contributed by atoms with E-state index >= 15 is 0 Å². The lowest BCUT2D eigenvalue weighted by Gasteiger charge is -2.30. The van der Waals surface area contributed by atoms with Crippen LogP contribution in [0.3, 0.4) is 0 Å². The average Bonchev–Trinajstić information content (AvgIpc) is 3.25. The molecule has 0 radical (unpaired) electrons. The first-order valence-corrected chi connectivity index (χ1v) is 21.5. The molecule has 4 rings (SSSR count). The second-order valence-corrected chi connectivity index (χ2v) is 15.2. The molecule has 1 aliphatic heterocycles. The van der Waals surface area contributed by atoms with E-state index in [4.69, 9.17) is 31.5 Å². The highest BCUT2D eigenvalue weighted by molar-refractivity contribution is 5.99. The van der Waals surface area contributed by atoms with Gasteiger partial charge in [-0.05, 0) is 85.8 Å². The van der Waals surface area contributed by atoms with Gasteiger partial charge < -0.3 is 47.5 Å². The van der Waals surface area contributed by atoms with Gasteiger partial charge in [-0.15, -0.1) is 0 Å². The highest BCUT2D eigenvalue weighted by Crippen LogP contribution is 2.40. The number of carbonyl (C=O) groups excluding carboxylic acids is 5. The van der Waals surface area contributed by atoms with E-state index in [0.717, 1.165) is 30.5 Å². The molecular formula is C46H68N8O8. The zero-order chi connectivity index (χ0) is 45.6. The van der Waals surface area contributed by atoms with Crippen LogP contribution in [0.5, 0.6) is 11.5 Å². The lowest BCUT2D eigenvalue weighted by molar-refractivity contribution is -0.140. The molecule has 0 spiro atoms. The maximum atomic E-state index is 14.3. The Morgan fingerprint density at radius 2 is 1.45 bits per heavy atom. The van der Waals surface area contributed by atoms with Gasteiger partial charge in [-0.3, -0.25) is 28.8 Å². The van der Waals surface area contributed by atoms with Crippen molar-refractivity contribution in [3.63, 3.8) is 0 Å². The van der Waals surface area contributed by atoms with Gasteiger partial charge in [-0.1, -0.05) is 70.2 Å². The number of hydrogen-bond acceptors (Lipinski definition) is 11. The molecule has 0 saturated carbocycles. The summed E-state index contributed by atoms with van der Waals surface area (Å²) >= 11 is 0. The number of fused-ring (bicyclic) bond motifs is 5. The number of aryl methyl sites for hydroxylation is 2. The lowest BCUT2D eigenvalue weighted by atomic mass is 9.93. The largest absolute Gasteiger partial charge is 0.492 e. The van der Waals surface area contributed by atoms with Crippen LogP contribution in [-0.2, 0) is 36.9 Å². The quantitative estimate of drug-likeness (QED) is 0.0681. The van der Waals surface area contributed by atoms with Crippen molar-refractivity contribution in [3.05, 3.63) is 82.4 Å². The molecule has 3 aromatic carbocycles. The Kier molecular flexibility index (Phi) is 21.9. The van der Waals surface area contributed by atoms with E-state index in [0.29, 0.717) is 39.3 Å². The zero-order valence-electron chi connectivity index (χ0n) is 37.3.